The number of aromatic hydroxyl groups is 1. The Kier molecular flexibility index (Phi) is 11.5. The molecule has 1 saturated heterocycles. The number of aromatic nitrogens is 2. The number of imidazole rings is 1. The number of H-pyrrole nitrogens is 1. The van der Waals surface area contributed by atoms with E-state index in [9.17, 15) is 5.11 Å². The zero-order valence-electron chi connectivity index (χ0n) is 23.6. The number of nitrogens with zero attached hydrogens (tertiary/aromatic N) is 1. The molecule has 36 heavy (non-hydrogen) atoms. The van der Waals surface area contributed by atoms with Crippen LogP contribution in [0.3, 0.4) is 0 Å². The summed E-state index contributed by atoms with van der Waals surface area (Å²) >= 11 is 0. The van der Waals surface area contributed by atoms with Crippen LogP contribution >= 0.6 is 0 Å². The first-order chi connectivity index (χ1) is 17.4. The fourth-order valence-electron chi connectivity index (χ4n) is 4.91. The number of nitrogens with one attached hydrogen (secondary N) is 2. The van der Waals surface area contributed by atoms with E-state index in [0.29, 0.717) is 0 Å². The molecule has 1 aliphatic heterocycles. The monoisotopic (exact) mass is 492 g/mol. The first-order valence-corrected chi connectivity index (χ1v) is 13.4. The van der Waals surface area contributed by atoms with E-state index in [-0.39, 0.29) is 5.75 Å². The van der Waals surface area contributed by atoms with Crippen molar-refractivity contribution < 1.29 is 5.11 Å². The summed E-state index contributed by atoms with van der Waals surface area (Å²) in [6.07, 6.45) is 12.4. The van der Waals surface area contributed by atoms with Gasteiger partial charge in [-0.25, -0.2) is 0 Å². The van der Waals surface area contributed by atoms with Gasteiger partial charge in [-0.05, 0) is 103 Å². The van der Waals surface area contributed by atoms with Crippen molar-refractivity contribution in [3.8, 4) is 5.75 Å². The molecule has 0 bridgehead atoms. The second-order valence-corrected chi connectivity index (χ2v) is 9.59. The molecule has 0 amide bonds. The topological polar surface area (TPSA) is 78.5 Å². The average molecular weight is 493 g/mol. The van der Waals surface area contributed by atoms with Gasteiger partial charge in [0.25, 0.3) is 0 Å². The summed E-state index contributed by atoms with van der Waals surface area (Å²) in [5, 5.41) is 16.1. The van der Waals surface area contributed by atoms with Crippen LogP contribution in [0, 0.1) is 12.8 Å². The first-order valence-electron chi connectivity index (χ1n) is 13.4. The summed E-state index contributed by atoms with van der Waals surface area (Å²) in [4.78, 5) is 3.41. The molecule has 5 N–H and O–H groups in total. The van der Waals surface area contributed by atoms with E-state index in [1.54, 1.807) is 6.07 Å². The molecule has 1 fully saturated rings. The molecular formula is C31H48N4O. The lowest BCUT2D eigenvalue weighted by molar-refractivity contribution is 0.480. The number of allylic oxidation sites excluding steroid dienone is 2. The number of hydrogen-bond acceptors (Lipinski definition) is 3. The van der Waals surface area contributed by atoms with Crippen molar-refractivity contribution in [1.82, 2.24) is 14.7 Å². The van der Waals surface area contributed by atoms with Gasteiger partial charge in [0.2, 0.25) is 0 Å². The van der Waals surface area contributed by atoms with Crippen molar-refractivity contribution in [2.24, 2.45) is 11.7 Å². The SMILES string of the molecule is C/C=C(\C)CCC1CCNC1.C=Cc1/c(=C\CC)c(=C(C)CC)n2c1[nH]c1c(O)ccc(C)c12.CN. The smallest absolute Gasteiger partial charge is 0.141 e. The van der Waals surface area contributed by atoms with E-state index in [1.807, 2.05) is 12.1 Å². The highest BCUT2D eigenvalue weighted by Crippen LogP contribution is 2.28. The van der Waals surface area contributed by atoms with E-state index in [2.05, 4.69) is 80.7 Å². The molecule has 0 radical (unpaired) electrons. The maximum absolute atomic E-state index is 10.3. The molecule has 2 aromatic heterocycles. The van der Waals surface area contributed by atoms with Crippen molar-refractivity contribution in [2.75, 3.05) is 20.1 Å². The van der Waals surface area contributed by atoms with Crippen molar-refractivity contribution in [3.63, 3.8) is 0 Å². The Bertz CT molecular complexity index is 1300. The molecule has 5 heteroatoms. The first kappa shape index (κ1) is 29.5. The van der Waals surface area contributed by atoms with Crippen LogP contribution in [0.25, 0.3) is 34.4 Å². The Morgan fingerprint density at radius 1 is 1.25 bits per heavy atom. The largest absolute Gasteiger partial charge is 0.506 e. The second kappa shape index (κ2) is 14.1. The molecular weight excluding hydrogens is 444 g/mol. The zero-order chi connectivity index (χ0) is 26.8. The van der Waals surface area contributed by atoms with Crippen LogP contribution in [-0.4, -0.2) is 34.6 Å². The Labute approximate surface area is 217 Å². The Morgan fingerprint density at radius 3 is 2.53 bits per heavy atom. The molecule has 1 atom stereocenters. The Balaban J connectivity index is 0.000000295. The van der Waals surface area contributed by atoms with Gasteiger partial charge in [0.15, 0.2) is 0 Å². The molecule has 5 nitrogen and oxygen atoms in total. The predicted octanol–water partition coefficient (Wildman–Crippen LogP) is 5.77. The third-order valence-electron chi connectivity index (χ3n) is 7.22. The van der Waals surface area contributed by atoms with Gasteiger partial charge >= 0.3 is 0 Å². The molecule has 198 valence electrons. The maximum Gasteiger partial charge on any atom is 0.141 e. The summed E-state index contributed by atoms with van der Waals surface area (Å²) in [5.41, 5.74) is 12.4. The predicted molar refractivity (Wildman–Crippen MR) is 159 cm³/mol. The van der Waals surface area contributed by atoms with Crippen LogP contribution < -0.4 is 21.6 Å². The summed E-state index contributed by atoms with van der Waals surface area (Å²) in [5.74, 6) is 1.23. The fraction of sp³-hybridized carbons (Fsp3) is 0.484. The molecule has 0 spiro atoms. The van der Waals surface area contributed by atoms with E-state index in [4.69, 9.17) is 0 Å². The zero-order valence-corrected chi connectivity index (χ0v) is 23.6. The van der Waals surface area contributed by atoms with Gasteiger partial charge in [-0.2, -0.15) is 0 Å². The van der Waals surface area contributed by atoms with Gasteiger partial charge in [-0.3, -0.25) is 4.40 Å². The van der Waals surface area contributed by atoms with Gasteiger partial charge in [0, 0.05) is 10.8 Å². The highest BCUT2D eigenvalue weighted by Gasteiger charge is 2.16. The minimum Gasteiger partial charge on any atom is -0.506 e. The molecule has 3 heterocycles. The fourth-order valence-corrected chi connectivity index (χ4v) is 4.91. The lowest BCUT2D eigenvalue weighted by Gasteiger charge is -2.06. The van der Waals surface area contributed by atoms with E-state index in [1.165, 1.54) is 61.1 Å². The van der Waals surface area contributed by atoms with Crippen molar-refractivity contribution in [2.45, 2.75) is 73.6 Å². The van der Waals surface area contributed by atoms with Crippen LogP contribution in [0.1, 0.15) is 77.8 Å². The van der Waals surface area contributed by atoms with Crippen molar-refractivity contribution in [1.29, 1.82) is 0 Å². The summed E-state index contributed by atoms with van der Waals surface area (Å²) in [6, 6.07) is 3.71. The van der Waals surface area contributed by atoms with Crippen molar-refractivity contribution >= 4 is 34.4 Å². The van der Waals surface area contributed by atoms with Crippen LogP contribution in [0.5, 0.6) is 5.75 Å². The molecule has 0 saturated carbocycles. The number of aromatic amines is 1. The summed E-state index contributed by atoms with van der Waals surface area (Å²) in [7, 11) is 1.50. The summed E-state index contributed by atoms with van der Waals surface area (Å²) in [6.45, 7) is 19.4. The van der Waals surface area contributed by atoms with Gasteiger partial charge in [-0.15, -0.1) is 0 Å². The lowest BCUT2D eigenvalue weighted by atomic mass is 9.99. The second-order valence-electron chi connectivity index (χ2n) is 9.59. The third-order valence-corrected chi connectivity index (χ3v) is 7.22. The lowest BCUT2D eigenvalue weighted by Crippen LogP contribution is -2.29. The molecule has 1 unspecified atom stereocenters. The van der Waals surface area contributed by atoms with Gasteiger partial charge in [-0.1, -0.05) is 50.3 Å². The maximum atomic E-state index is 10.3. The van der Waals surface area contributed by atoms with E-state index < -0.39 is 0 Å². The average Bonchev–Trinajstić information content (AvgIpc) is 3.62. The normalized spacial score (nSPS) is 17.1. The number of aryl methyl sites for hydroxylation is 1. The summed E-state index contributed by atoms with van der Waals surface area (Å²) < 4.78 is 2.25. The van der Waals surface area contributed by atoms with Crippen LogP contribution in [0.4, 0.5) is 0 Å². The third kappa shape index (κ3) is 6.32. The highest BCUT2D eigenvalue weighted by molar-refractivity contribution is 5.91. The minimum absolute atomic E-state index is 0.283. The van der Waals surface area contributed by atoms with Gasteiger partial charge < -0.3 is 21.1 Å². The van der Waals surface area contributed by atoms with Crippen LogP contribution in [0.2, 0.25) is 0 Å². The minimum atomic E-state index is 0.283. The Hall–Kier alpha value is -2.76. The molecule has 0 aliphatic carbocycles. The van der Waals surface area contributed by atoms with E-state index in [0.717, 1.165) is 46.6 Å². The molecule has 3 aromatic rings. The highest BCUT2D eigenvalue weighted by atomic mass is 16.3. The standard InChI is InChI=1S/C20H24N2O.C10H19N.CH5N/c1-6-9-15-14(8-3)20-21-17-16(23)11-10-13(5)19(17)22(20)18(15)12(4)7-2;1-3-9(2)4-5-10-6-7-11-8-10;1-2/h8-11,21,23H,3,6-7H2,1-2,4-5H3;3,10-11H,4-8H2,1-2H3;2H2,1H3/b15-9+,18-12?;9-3+;. The number of hydrogen-bond donors (Lipinski definition) is 4. The molecule has 1 aromatic carbocycles. The van der Waals surface area contributed by atoms with E-state index >= 15 is 0 Å². The van der Waals surface area contributed by atoms with Crippen LogP contribution in [-0.2, 0) is 0 Å². The number of phenols is 1. The van der Waals surface area contributed by atoms with Crippen LogP contribution in [0.15, 0.2) is 30.4 Å². The number of fused-ring (bicyclic) bond motifs is 3. The number of phenolic OH excluding ortho intramolecular Hbond substituents is 1. The quantitative estimate of drug-likeness (QED) is 0.330. The number of rotatable bonds is 6. The number of nitrogens with two attached hydrogens (primary N) is 1. The van der Waals surface area contributed by atoms with Crippen molar-refractivity contribution in [3.05, 3.63) is 52.1 Å². The van der Waals surface area contributed by atoms with Gasteiger partial charge in [0.1, 0.15) is 16.9 Å². The molecule has 4 rings (SSSR count). The molecule has 1 aliphatic rings. The number of benzene rings is 1. The Morgan fingerprint density at radius 2 is 1.97 bits per heavy atom. The van der Waals surface area contributed by atoms with Gasteiger partial charge in [0.05, 0.1) is 10.9 Å².